The lowest BCUT2D eigenvalue weighted by atomic mass is 10.0. The van der Waals surface area contributed by atoms with Crippen LogP contribution in [0.2, 0.25) is 0 Å². The van der Waals surface area contributed by atoms with Gasteiger partial charge < -0.3 is 14.8 Å². The van der Waals surface area contributed by atoms with Crippen LogP contribution in [0, 0.1) is 0 Å². The maximum atomic E-state index is 5.64. The van der Waals surface area contributed by atoms with Crippen LogP contribution in [0.1, 0.15) is 12.5 Å². The third-order valence-corrected chi connectivity index (χ3v) is 3.86. The molecule has 3 heteroatoms. The average Bonchev–Trinajstić information content (AvgIpc) is 2.55. The van der Waals surface area contributed by atoms with Gasteiger partial charge >= 0.3 is 0 Å². The number of benzene rings is 2. The molecule has 1 atom stereocenters. The zero-order valence-electron chi connectivity index (χ0n) is 12.6. The highest BCUT2D eigenvalue weighted by Gasteiger charge is 2.12. The quantitative estimate of drug-likeness (QED) is 0.934. The van der Waals surface area contributed by atoms with Crippen molar-refractivity contribution < 1.29 is 9.47 Å². The fourth-order valence-corrected chi connectivity index (χ4v) is 2.51. The zero-order valence-corrected chi connectivity index (χ0v) is 12.6. The zero-order chi connectivity index (χ0) is 14.7. The molecule has 0 aromatic heterocycles. The third-order valence-electron chi connectivity index (χ3n) is 3.86. The van der Waals surface area contributed by atoms with E-state index in [0.29, 0.717) is 19.3 Å². The van der Waals surface area contributed by atoms with Crippen LogP contribution in [-0.2, 0) is 6.42 Å². The molecule has 2 aromatic rings. The van der Waals surface area contributed by atoms with Crippen LogP contribution in [-0.4, -0.2) is 26.3 Å². The van der Waals surface area contributed by atoms with Crippen molar-refractivity contribution in [3.63, 3.8) is 0 Å². The van der Waals surface area contributed by atoms with Crippen LogP contribution in [0.4, 0.5) is 0 Å². The molecule has 3 nitrogen and oxygen atoms in total. The first kappa shape index (κ1) is 14.0. The van der Waals surface area contributed by atoms with E-state index in [2.05, 4.69) is 48.6 Å². The van der Waals surface area contributed by atoms with Crippen LogP contribution in [0.15, 0.2) is 42.5 Å². The van der Waals surface area contributed by atoms with Crippen LogP contribution in [0.25, 0.3) is 11.1 Å². The van der Waals surface area contributed by atoms with Gasteiger partial charge in [0, 0.05) is 6.04 Å². The molecule has 0 saturated heterocycles. The largest absolute Gasteiger partial charge is 0.486 e. The molecule has 21 heavy (non-hydrogen) atoms. The molecule has 1 unspecified atom stereocenters. The molecule has 2 aromatic carbocycles. The maximum Gasteiger partial charge on any atom is 0.161 e. The van der Waals surface area contributed by atoms with Gasteiger partial charge in [0.05, 0.1) is 0 Å². The van der Waals surface area contributed by atoms with Crippen molar-refractivity contribution in [2.24, 2.45) is 0 Å². The second kappa shape index (κ2) is 6.19. The maximum absolute atomic E-state index is 5.64. The Bertz CT molecular complexity index is 607. The molecule has 1 heterocycles. The molecule has 0 fully saturated rings. The Labute approximate surface area is 125 Å². The minimum atomic E-state index is 0.491. The molecule has 0 spiro atoms. The van der Waals surface area contributed by atoms with Gasteiger partial charge in [0.25, 0.3) is 0 Å². The van der Waals surface area contributed by atoms with Gasteiger partial charge in [-0.2, -0.15) is 0 Å². The Hall–Kier alpha value is -2.00. The van der Waals surface area contributed by atoms with E-state index < -0.39 is 0 Å². The summed E-state index contributed by atoms with van der Waals surface area (Å²) in [7, 11) is 1.99. The molecule has 0 aliphatic carbocycles. The van der Waals surface area contributed by atoms with Crippen molar-refractivity contribution in [1.29, 1.82) is 0 Å². The summed E-state index contributed by atoms with van der Waals surface area (Å²) in [5, 5.41) is 3.26. The second-order valence-electron chi connectivity index (χ2n) is 5.45. The number of hydrogen-bond acceptors (Lipinski definition) is 3. The molecule has 3 rings (SSSR count). The molecule has 110 valence electrons. The summed E-state index contributed by atoms with van der Waals surface area (Å²) in [6, 6.07) is 15.3. The first-order valence-electron chi connectivity index (χ1n) is 7.42. The molecule has 0 bridgehead atoms. The monoisotopic (exact) mass is 283 g/mol. The molecule has 0 amide bonds. The SMILES string of the molecule is CNC(C)Cc1ccc(-c2ccc3c(c2)OCCO3)cc1. The first-order chi connectivity index (χ1) is 10.3. The van der Waals surface area contributed by atoms with Gasteiger partial charge in [0.2, 0.25) is 0 Å². The second-order valence-corrected chi connectivity index (χ2v) is 5.45. The highest BCUT2D eigenvalue weighted by Crippen LogP contribution is 2.34. The summed E-state index contributed by atoms with van der Waals surface area (Å²) in [6.07, 6.45) is 1.04. The molecule has 0 saturated carbocycles. The van der Waals surface area contributed by atoms with Crippen molar-refractivity contribution in [3.8, 4) is 22.6 Å². The number of nitrogens with one attached hydrogen (secondary N) is 1. The Kier molecular flexibility index (Phi) is 4.11. The minimum Gasteiger partial charge on any atom is -0.486 e. The predicted molar refractivity (Wildman–Crippen MR) is 85.1 cm³/mol. The van der Waals surface area contributed by atoms with E-state index in [9.17, 15) is 0 Å². The number of ether oxygens (including phenoxy) is 2. The van der Waals surface area contributed by atoms with Gasteiger partial charge in [-0.05, 0) is 49.2 Å². The van der Waals surface area contributed by atoms with E-state index >= 15 is 0 Å². The van der Waals surface area contributed by atoms with Crippen LogP contribution >= 0.6 is 0 Å². The third kappa shape index (κ3) is 3.19. The van der Waals surface area contributed by atoms with Gasteiger partial charge in [0.1, 0.15) is 13.2 Å². The van der Waals surface area contributed by atoms with E-state index in [1.807, 2.05) is 13.1 Å². The molecular formula is C18H21NO2. The molecular weight excluding hydrogens is 262 g/mol. The molecule has 1 N–H and O–H groups in total. The first-order valence-corrected chi connectivity index (χ1v) is 7.42. The fraction of sp³-hybridized carbons (Fsp3) is 0.333. The van der Waals surface area contributed by atoms with Crippen LogP contribution in [0.3, 0.4) is 0 Å². The van der Waals surface area contributed by atoms with Gasteiger partial charge in [0.15, 0.2) is 11.5 Å². The Morgan fingerprint density at radius 2 is 1.62 bits per heavy atom. The average molecular weight is 283 g/mol. The van der Waals surface area contributed by atoms with Crippen LogP contribution < -0.4 is 14.8 Å². The van der Waals surface area contributed by atoms with E-state index in [1.165, 1.54) is 11.1 Å². The summed E-state index contributed by atoms with van der Waals surface area (Å²) in [5.74, 6) is 1.68. The van der Waals surface area contributed by atoms with E-state index in [4.69, 9.17) is 9.47 Å². The summed E-state index contributed by atoms with van der Waals surface area (Å²) < 4.78 is 11.2. The molecule has 1 aliphatic heterocycles. The lowest BCUT2D eigenvalue weighted by molar-refractivity contribution is 0.171. The standard InChI is InChI=1S/C18H21NO2/c1-13(19-2)11-14-3-5-15(6-4-14)16-7-8-17-18(12-16)21-10-9-20-17/h3-8,12-13,19H,9-11H2,1-2H3. The van der Waals surface area contributed by atoms with Crippen molar-refractivity contribution in [1.82, 2.24) is 5.32 Å². The topological polar surface area (TPSA) is 30.5 Å². The number of hydrogen-bond donors (Lipinski definition) is 1. The van der Waals surface area contributed by atoms with Crippen molar-refractivity contribution in [3.05, 3.63) is 48.0 Å². The fourth-order valence-electron chi connectivity index (χ4n) is 2.51. The number of rotatable bonds is 4. The van der Waals surface area contributed by atoms with E-state index in [-0.39, 0.29) is 0 Å². The summed E-state index contributed by atoms with van der Waals surface area (Å²) in [4.78, 5) is 0. The lowest BCUT2D eigenvalue weighted by Gasteiger charge is -2.19. The smallest absolute Gasteiger partial charge is 0.161 e. The van der Waals surface area contributed by atoms with E-state index in [1.54, 1.807) is 0 Å². The van der Waals surface area contributed by atoms with Gasteiger partial charge in [-0.15, -0.1) is 0 Å². The summed E-state index contributed by atoms with van der Waals surface area (Å²) >= 11 is 0. The Balaban J connectivity index is 1.80. The Morgan fingerprint density at radius 1 is 0.952 bits per heavy atom. The van der Waals surface area contributed by atoms with Gasteiger partial charge in [-0.1, -0.05) is 30.3 Å². The predicted octanol–water partition coefficient (Wildman–Crippen LogP) is 3.28. The van der Waals surface area contributed by atoms with Crippen molar-refractivity contribution in [2.45, 2.75) is 19.4 Å². The van der Waals surface area contributed by atoms with Gasteiger partial charge in [-0.25, -0.2) is 0 Å². The summed E-state index contributed by atoms with van der Waals surface area (Å²) in [6.45, 7) is 3.44. The highest BCUT2D eigenvalue weighted by molar-refractivity contribution is 5.67. The number of likely N-dealkylation sites (N-methyl/N-ethyl adjacent to an activating group) is 1. The van der Waals surface area contributed by atoms with Crippen molar-refractivity contribution >= 4 is 0 Å². The normalized spacial score (nSPS) is 14.8. The Morgan fingerprint density at radius 3 is 2.33 bits per heavy atom. The molecule has 0 radical (unpaired) electrons. The summed E-state index contributed by atoms with van der Waals surface area (Å²) in [5.41, 5.74) is 3.71. The highest BCUT2D eigenvalue weighted by atomic mass is 16.6. The minimum absolute atomic E-state index is 0.491. The number of fused-ring (bicyclic) bond motifs is 1. The van der Waals surface area contributed by atoms with E-state index in [0.717, 1.165) is 23.5 Å². The molecule has 1 aliphatic rings. The van der Waals surface area contributed by atoms with Crippen molar-refractivity contribution in [2.75, 3.05) is 20.3 Å². The lowest BCUT2D eigenvalue weighted by Crippen LogP contribution is -2.23. The van der Waals surface area contributed by atoms with Crippen LogP contribution in [0.5, 0.6) is 11.5 Å². The van der Waals surface area contributed by atoms with Gasteiger partial charge in [-0.3, -0.25) is 0 Å².